The SMILES string of the molecule is CN(C(=O)C1CCC(NC(=O)CC2CCCCC2)CC1)C1CCNCC1. The van der Waals surface area contributed by atoms with E-state index in [1.807, 2.05) is 11.9 Å². The zero-order valence-electron chi connectivity index (χ0n) is 16.5. The van der Waals surface area contributed by atoms with E-state index in [0.29, 0.717) is 24.3 Å². The molecule has 0 bridgehead atoms. The average Bonchev–Trinajstić information content (AvgIpc) is 2.69. The molecule has 1 heterocycles. The lowest BCUT2D eigenvalue weighted by molar-refractivity contribution is -0.138. The molecule has 3 fully saturated rings. The first-order valence-corrected chi connectivity index (χ1v) is 10.9. The summed E-state index contributed by atoms with van der Waals surface area (Å²) in [5.74, 6) is 1.31. The molecule has 0 aromatic rings. The van der Waals surface area contributed by atoms with Crippen molar-refractivity contribution in [1.82, 2.24) is 15.5 Å². The number of piperidine rings is 1. The molecule has 0 aromatic carbocycles. The maximum atomic E-state index is 12.8. The Morgan fingerprint density at radius 2 is 1.58 bits per heavy atom. The molecule has 0 unspecified atom stereocenters. The first-order chi connectivity index (χ1) is 12.6. The Hall–Kier alpha value is -1.10. The van der Waals surface area contributed by atoms with Crippen molar-refractivity contribution >= 4 is 11.8 Å². The summed E-state index contributed by atoms with van der Waals surface area (Å²) in [6.07, 6.45) is 12.9. The number of nitrogens with one attached hydrogen (secondary N) is 2. The molecule has 3 aliphatic rings. The Bertz CT molecular complexity index is 462. The third-order valence-corrected chi connectivity index (χ3v) is 6.84. The van der Waals surface area contributed by atoms with Gasteiger partial charge in [0.25, 0.3) is 0 Å². The van der Waals surface area contributed by atoms with E-state index in [1.54, 1.807) is 0 Å². The minimum atomic E-state index is 0.154. The number of carbonyl (C=O) groups is 2. The van der Waals surface area contributed by atoms with Gasteiger partial charge in [0.1, 0.15) is 0 Å². The lowest BCUT2D eigenvalue weighted by atomic mass is 9.84. The van der Waals surface area contributed by atoms with E-state index in [1.165, 1.54) is 32.1 Å². The quantitative estimate of drug-likeness (QED) is 0.789. The van der Waals surface area contributed by atoms with Crippen LogP contribution in [0.25, 0.3) is 0 Å². The van der Waals surface area contributed by atoms with Gasteiger partial charge in [0.15, 0.2) is 0 Å². The second-order valence-corrected chi connectivity index (χ2v) is 8.75. The van der Waals surface area contributed by atoms with Gasteiger partial charge in [-0.25, -0.2) is 0 Å². The van der Waals surface area contributed by atoms with E-state index >= 15 is 0 Å². The Labute approximate surface area is 158 Å². The van der Waals surface area contributed by atoms with Crippen molar-refractivity contribution in [3.8, 4) is 0 Å². The van der Waals surface area contributed by atoms with Crippen LogP contribution in [0.5, 0.6) is 0 Å². The maximum absolute atomic E-state index is 12.8. The summed E-state index contributed by atoms with van der Waals surface area (Å²) in [6.45, 7) is 2.03. The highest BCUT2D eigenvalue weighted by atomic mass is 16.2. The molecular formula is C21H37N3O2. The fourth-order valence-corrected chi connectivity index (χ4v) is 5.09. The first-order valence-electron chi connectivity index (χ1n) is 10.9. The van der Waals surface area contributed by atoms with Crippen molar-refractivity contribution in [2.75, 3.05) is 20.1 Å². The van der Waals surface area contributed by atoms with E-state index in [-0.39, 0.29) is 17.9 Å². The summed E-state index contributed by atoms with van der Waals surface area (Å²) in [6, 6.07) is 0.677. The molecule has 148 valence electrons. The summed E-state index contributed by atoms with van der Waals surface area (Å²) in [5, 5.41) is 6.61. The third kappa shape index (κ3) is 5.45. The largest absolute Gasteiger partial charge is 0.353 e. The zero-order valence-corrected chi connectivity index (χ0v) is 16.5. The predicted molar refractivity (Wildman–Crippen MR) is 104 cm³/mol. The molecule has 1 aliphatic heterocycles. The van der Waals surface area contributed by atoms with Crippen molar-refractivity contribution in [2.24, 2.45) is 11.8 Å². The highest BCUT2D eigenvalue weighted by molar-refractivity contribution is 5.79. The third-order valence-electron chi connectivity index (χ3n) is 6.84. The molecule has 0 aromatic heterocycles. The molecule has 3 rings (SSSR count). The number of hydrogen-bond donors (Lipinski definition) is 2. The first kappa shape index (κ1) is 19.7. The topological polar surface area (TPSA) is 61.4 Å². The van der Waals surface area contributed by atoms with Crippen LogP contribution in [-0.2, 0) is 9.59 Å². The number of carbonyl (C=O) groups excluding carboxylic acids is 2. The molecule has 1 saturated heterocycles. The molecule has 2 aliphatic carbocycles. The smallest absolute Gasteiger partial charge is 0.225 e. The fourth-order valence-electron chi connectivity index (χ4n) is 5.09. The van der Waals surface area contributed by atoms with Gasteiger partial charge in [-0.05, 0) is 70.4 Å². The van der Waals surface area contributed by atoms with Gasteiger partial charge in [0.05, 0.1) is 0 Å². The van der Waals surface area contributed by atoms with Gasteiger partial charge >= 0.3 is 0 Å². The zero-order chi connectivity index (χ0) is 18.4. The Balaban J connectivity index is 1.37. The van der Waals surface area contributed by atoms with Crippen LogP contribution >= 0.6 is 0 Å². The molecule has 2 N–H and O–H groups in total. The lowest BCUT2D eigenvalue weighted by Gasteiger charge is -2.36. The normalized spacial score (nSPS) is 28.5. The fraction of sp³-hybridized carbons (Fsp3) is 0.905. The van der Waals surface area contributed by atoms with Gasteiger partial charge in [0.2, 0.25) is 11.8 Å². The van der Waals surface area contributed by atoms with Crippen LogP contribution in [0.2, 0.25) is 0 Å². The minimum Gasteiger partial charge on any atom is -0.353 e. The van der Waals surface area contributed by atoms with Crippen LogP contribution in [-0.4, -0.2) is 48.9 Å². The van der Waals surface area contributed by atoms with Gasteiger partial charge in [-0.3, -0.25) is 9.59 Å². The molecule has 2 amide bonds. The average molecular weight is 364 g/mol. The van der Waals surface area contributed by atoms with Gasteiger partial charge in [-0.2, -0.15) is 0 Å². The molecule has 0 atom stereocenters. The summed E-state index contributed by atoms with van der Waals surface area (Å²) >= 11 is 0. The highest BCUT2D eigenvalue weighted by Gasteiger charge is 2.32. The number of rotatable bonds is 5. The predicted octanol–water partition coefficient (Wildman–Crippen LogP) is 2.84. The molecule has 2 saturated carbocycles. The van der Waals surface area contributed by atoms with Gasteiger partial charge < -0.3 is 15.5 Å². The second kappa shape index (κ2) is 9.72. The van der Waals surface area contributed by atoms with Crippen molar-refractivity contribution in [3.05, 3.63) is 0 Å². The van der Waals surface area contributed by atoms with Crippen molar-refractivity contribution in [3.63, 3.8) is 0 Å². The van der Waals surface area contributed by atoms with Gasteiger partial charge in [-0.1, -0.05) is 19.3 Å². The van der Waals surface area contributed by atoms with E-state index in [2.05, 4.69) is 10.6 Å². The maximum Gasteiger partial charge on any atom is 0.225 e. The number of hydrogen-bond acceptors (Lipinski definition) is 3. The van der Waals surface area contributed by atoms with E-state index in [0.717, 1.165) is 51.6 Å². The van der Waals surface area contributed by atoms with Crippen molar-refractivity contribution in [2.45, 2.75) is 89.1 Å². The van der Waals surface area contributed by atoms with Crippen molar-refractivity contribution in [1.29, 1.82) is 0 Å². The molecule has 5 heteroatoms. The van der Waals surface area contributed by atoms with Crippen LogP contribution in [0, 0.1) is 11.8 Å². The lowest BCUT2D eigenvalue weighted by Crippen LogP contribution is -2.47. The van der Waals surface area contributed by atoms with E-state index in [9.17, 15) is 9.59 Å². The monoisotopic (exact) mass is 363 g/mol. The van der Waals surface area contributed by atoms with Crippen LogP contribution in [0.4, 0.5) is 0 Å². The molecule has 0 spiro atoms. The molecule has 0 radical (unpaired) electrons. The Kier molecular flexibility index (Phi) is 7.35. The van der Waals surface area contributed by atoms with Crippen LogP contribution < -0.4 is 10.6 Å². The standard InChI is InChI=1S/C21H37N3O2/c1-24(19-11-13-22-14-12-19)21(26)17-7-9-18(10-8-17)23-20(25)15-16-5-3-2-4-6-16/h16-19,22H,2-15H2,1H3,(H,23,25). The van der Waals surface area contributed by atoms with Crippen LogP contribution in [0.3, 0.4) is 0 Å². The molecule has 26 heavy (non-hydrogen) atoms. The van der Waals surface area contributed by atoms with Crippen LogP contribution in [0.1, 0.15) is 77.0 Å². The molecule has 5 nitrogen and oxygen atoms in total. The summed E-state index contributed by atoms with van der Waals surface area (Å²) in [7, 11) is 1.98. The second-order valence-electron chi connectivity index (χ2n) is 8.75. The minimum absolute atomic E-state index is 0.154. The summed E-state index contributed by atoms with van der Waals surface area (Å²) < 4.78 is 0. The number of amides is 2. The Morgan fingerprint density at radius 3 is 2.23 bits per heavy atom. The Morgan fingerprint density at radius 1 is 0.923 bits per heavy atom. The number of nitrogens with zero attached hydrogens (tertiary/aromatic N) is 1. The molecular weight excluding hydrogens is 326 g/mol. The summed E-state index contributed by atoms with van der Waals surface area (Å²) in [5.41, 5.74) is 0. The van der Waals surface area contributed by atoms with E-state index in [4.69, 9.17) is 0 Å². The highest BCUT2D eigenvalue weighted by Crippen LogP contribution is 2.29. The van der Waals surface area contributed by atoms with Crippen LogP contribution in [0.15, 0.2) is 0 Å². The van der Waals surface area contributed by atoms with Crippen molar-refractivity contribution < 1.29 is 9.59 Å². The summed E-state index contributed by atoms with van der Waals surface area (Å²) in [4.78, 5) is 27.1. The van der Waals surface area contributed by atoms with Gasteiger partial charge in [-0.15, -0.1) is 0 Å². The van der Waals surface area contributed by atoms with E-state index < -0.39 is 0 Å². The van der Waals surface area contributed by atoms with Gasteiger partial charge in [0, 0.05) is 31.5 Å².